The van der Waals surface area contributed by atoms with Crippen molar-refractivity contribution in [2.75, 3.05) is 42.7 Å². The zero-order chi connectivity index (χ0) is 29.5. The van der Waals surface area contributed by atoms with Gasteiger partial charge < -0.3 is 35.6 Å². The lowest BCUT2D eigenvalue weighted by Gasteiger charge is -2.38. The van der Waals surface area contributed by atoms with Gasteiger partial charge in [0.1, 0.15) is 17.7 Å². The number of rotatable bonds is 7. The van der Waals surface area contributed by atoms with Crippen molar-refractivity contribution in [2.24, 2.45) is 5.92 Å². The molecule has 0 saturated carbocycles. The van der Waals surface area contributed by atoms with Crippen molar-refractivity contribution in [2.45, 2.75) is 26.0 Å². The number of urea groups is 2. The molecule has 10 nitrogen and oxygen atoms in total. The molecule has 5 amide bonds. The minimum atomic E-state index is -0.514. The largest absolute Gasteiger partial charge is 0.487 e. The highest BCUT2D eigenvalue weighted by Crippen LogP contribution is 2.31. The van der Waals surface area contributed by atoms with Gasteiger partial charge in [0.05, 0.1) is 24.8 Å². The number of benzene rings is 3. The molecule has 0 fully saturated rings. The minimum absolute atomic E-state index is 0.183. The van der Waals surface area contributed by atoms with Gasteiger partial charge in [0.25, 0.3) is 5.91 Å². The molecule has 11 heteroatoms. The van der Waals surface area contributed by atoms with E-state index in [2.05, 4.69) is 16.0 Å². The number of para-hydroxylation sites is 1. The van der Waals surface area contributed by atoms with Crippen LogP contribution in [-0.4, -0.2) is 71.8 Å². The summed E-state index contributed by atoms with van der Waals surface area (Å²) in [5.74, 6) is -0.667. The van der Waals surface area contributed by atoms with E-state index >= 15 is 0 Å². The number of nitrogens with zero attached hydrogens (tertiary/aromatic N) is 2. The van der Waals surface area contributed by atoms with Gasteiger partial charge in [-0.15, -0.1) is 0 Å². The van der Waals surface area contributed by atoms with E-state index in [1.807, 2.05) is 13.0 Å². The molecule has 0 unspecified atom stereocenters. The van der Waals surface area contributed by atoms with Crippen molar-refractivity contribution < 1.29 is 28.6 Å². The van der Waals surface area contributed by atoms with Gasteiger partial charge in [-0.1, -0.05) is 25.1 Å². The van der Waals surface area contributed by atoms with E-state index in [0.717, 1.165) is 0 Å². The average molecular weight is 564 g/mol. The normalized spacial score (nSPS) is 17.3. The van der Waals surface area contributed by atoms with Crippen molar-refractivity contribution in [3.63, 3.8) is 0 Å². The molecule has 0 bridgehead atoms. The van der Waals surface area contributed by atoms with Crippen LogP contribution in [0, 0.1) is 11.7 Å². The summed E-state index contributed by atoms with van der Waals surface area (Å²) >= 11 is 0. The molecular weight excluding hydrogens is 529 g/mol. The van der Waals surface area contributed by atoms with Gasteiger partial charge in [0, 0.05) is 36.6 Å². The summed E-state index contributed by atoms with van der Waals surface area (Å²) in [5, 5.41) is 18.1. The summed E-state index contributed by atoms with van der Waals surface area (Å²) in [6.07, 6.45) is -0.514. The van der Waals surface area contributed by atoms with E-state index in [9.17, 15) is 23.9 Å². The van der Waals surface area contributed by atoms with Crippen LogP contribution in [0.15, 0.2) is 72.8 Å². The third kappa shape index (κ3) is 7.52. The molecule has 216 valence electrons. The standard InChI is InChI=1S/C30H34FN5O5/c1-19-16-36(20(2)18-37)28(38)25-15-24(33-29(39)32-22-7-5-4-6-8-22)13-14-26(25)41-27(19)17-35(3)30(40)34-23-11-9-21(31)10-12-23/h4-15,19-20,27,37H,16-18H2,1-3H3,(H,34,40)(H2,32,33,39)/t19-,20+,27+/m1/s1. The van der Waals surface area contributed by atoms with Crippen LogP contribution in [0.25, 0.3) is 0 Å². The van der Waals surface area contributed by atoms with Crippen LogP contribution < -0.4 is 20.7 Å². The highest BCUT2D eigenvalue weighted by Gasteiger charge is 2.34. The summed E-state index contributed by atoms with van der Waals surface area (Å²) in [6.45, 7) is 3.87. The Balaban J connectivity index is 1.54. The summed E-state index contributed by atoms with van der Waals surface area (Å²) in [5.41, 5.74) is 1.66. The Morgan fingerprint density at radius 2 is 1.66 bits per heavy atom. The first-order chi connectivity index (χ1) is 19.6. The number of aliphatic hydroxyl groups is 1. The van der Waals surface area contributed by atoms with Gasteiger partial charge in [-0.25, -0.2) is 14.0 Å². The summed E-state index contributed by atoms with van der Waals surface area (Å²) in [7, 11) is 1.62. The Morgan fingerprint density at radius 3 is 2.34 bits per heavy atom. The molecule has 0 aliphatic carbocycles. The van der Waals surface area contributed by atoms with Crippen LogP contribution in [0.1, 0.15) is 24.2 Å². The zero-order valence-electron chi connectivity index (χ0n) is 23.1. The van der Waals surface area contributed by atoms with Crippen LogP contribution in [-0.2, 0) is 0 Å². The van der Waals surface area contributed by atoms with Gasteiger partial charge >= 0.3 is 12.1 Å². The Bertz CT molecular complexity index is 1370. The van der Waals surface area contributed by atoms with Crippen LogP contribution >= 0.6 is 0 Å². The van der Waals surface area contributed by atoms with Crippen molar-refractivity contribution in [1.82, 2.24) is 9.80 Å². The predicted octanol–water partition coefficient (Wildman–Crippen LogP) is 4.85. The average Bonchev–Trinajstić information content (AvgIpc) is 2.96. The van der Waals surface area contributed by atoms with Gasteiger partial charge in [-0.3, -0.25) is 4.79 Å². The maximum atomic E-state index is 13.6. The SMILES string of the molecule is C[C@@H]1CN([C@@H](C)CO)C(=O)c2cc(NC(=O)Nc3ccccc3)ccc2O[C@H]1CN(C)C(=O)Nc1ccc(F)cc1. The molecule has 3 atom stereocenters. The summed E-state index contributed by atoms with van der Waals surface area (Å²) in [4.78, 5) is 42.1. The molecule has 3 aromatic carbocycles. The molecule has 1 aliphatic rings. The quantitative estimate of drug-likeness (QED) is 0.327. The van der Waals surface area contributed by atoms with E-state index in [4.69, 9.17) is 4.74 Å². The molecule has 1 aliphatic heterocycles. The number of likely N-dealkylation sites (N-methyl/N-ethyl adjacent to an activating group) is 1. The topological polar surface area (TPSA) is 123 Å². The Kier molecular flexibility index (Phi) is 9.41. The van der Waals surface area contributed by atoms with Gasteiger partial charge in [0.2, 0.25) is 0 Å². The highest BCUT2D eigenvalue weighted by atomic mass is 19.1. The second kappa shape index (κ2) is 13.1. The molecule has 0 aromatic heterocycles. The first-order valence-corrected chi connectivity index (χ1v) is 13.3. The number of halogens is 1. The van der Waals surface area contributed by atoms with Crippen LogP contribution in [0.4, 0.5) is 31.0 Å². The Hall–Kier alpha value is -4.64. The van der Waals surface area contributed by atoms with E-state index in [1.54, 1.807) is 55.3 Å². The number of anilines is 3. The monoisotopic (exact) mass is 563 g/mol. The number of carbonyl (C=O) groups excluding carboxylic acids is 3. The third-order valence-electron chi connectivity index (χ3n) is 6.85. The van der Waals surface area contributed by atoms with Crippen LogP contribution in [0.3, 0.4) is 0 Å². The number of nitrogens with one attached hydrogen (secondary N) is 3. The summed E-state index contributed by atoms with van der Waals surface area (Å²) < 4.78 is 19.6. The van der Waals surface area contributed by atoms with E-state index in [-0.39, 0.29) is 37.1 Å². The fraction of sp³-hybridized carbons (Fsp3) is 0.300. The van der Waals surface area contributed by atoms with Crippen molar-refractivity contribution in [1.29, 1.82) is 0 Å². The third-order valence-corrected chi connectivity index (χ3v) is 6.85. The Labute approximate surface area is 238 Å². The van der Waals surface area contributed by atoms with Crippen molar-refractivity contribution in [3.05, 3.63) is 84.2 Å². The van der Waals surface area contributed by atoms with Crippen molar-refractivity contribution >= 4 is 35.0 Å². The number of fused-ring (bicyclic) bond motifs is 1. The molecule has 41 heavy (non-hydrogen) atoms. The number of amides is 5. The molecule has 1 heterocycles. The summed E-state index contributed by atoms with van der Waals surface area (Å²) in [6, 6.07) is 17.8. The predicted molar refractivity (Wildman–Crippen MR) is 155 cm³/mol. The molecule has 3 aromatic rings. The number of hydrogen-bond donors (Lipinski definition) is 4. The molecule has 4 N–H and O–H groups in total. The smallest absolute Gasteiger partial charge is 0.323 e. The molecule has 4 rings (SSSR count). The van der Waals surface area contributed by atoms with Gasteiger partial charge in [0.15, 0.2) is 0 Å². The first kappa shape index (κ1) is 29.3. The van der Waals surface area contributed by atoms with Crippen LogP contribution in [0.2, 0.25) is 0 Å². The Morgan fingerprint density at radius 1 is 1.02 bits per heavy atom. The molecular formula is C30H34FN5O5. The number of aliphatic hydroxyl groups excluding tert-OH is 1. The second-order valence-corrected chi connectivity index (χ2v) is 10.1. The number of carbonyl (C=O) groups is 3. The maximum absolute atomic E-state index is 13.6. The lowest BCUT2D eigenvalue weighted by atomic mass is 9.99. The number of hydrogen-bond acceptors (Lipinski definition) is 5. The molecule has 0 saturated heterocycles. The fourth-order valence-electron chi connectivity index (χ4n) is 4.44. The zero-order valence-corrected chi connectivity index (χ0v) is 23.1. The first-order valence-electron chi connectivity index (χ1n) is 13.3. The van der Waals surface area contributed by atoms with Crippen molar-refractivity contribution in [3.8, 4) is 5.75 Å². The van der Waals surface area contributed by atoms with Gasteiger partial charge in [-0.2, -0.15) is 0 Å². The lowest BCUT2D eigenvalue weighted by molar-refractivity contribution is 0.0371. The highest BCUT2D eigenvalue weighted by molar-refractivity contribution is 6.02. The van der Waals surface area contributed by atoms with E-state index in [1.165, 1.54) is 35.2 Å². The maximum Gasteiger partial charge on any atom is 0.323 e. The fourth-order valence-corrected chi connectivity index (χ4v) is 4.44. The van der Waals surface area contributed by atoms with E-state index in [0.29, 0.717) is 22.8 Å². The second-order valence-electron chi connectivity index (χ2n) is 10.1. The molecule has 0 spiro atoms. The number of ether oxygens (including phenoxy) is 1. The molecule has 0 radical (unpaired) electrons. The van der Waals surface area contributed by atoms with E-state index < -0.39 is 30.0 Å². The lowest BCUT2D eigenvalue weighted by Crippen LogP contribution is -2.50. The van der Waals surface area contributed by atoms with Crippen LogP contribution in [0.5, 0.6) is 5.75 Å². The minimum Gasteiger partial charge on any atom is -0.487 e. The van der Waals surface area contributed by atoms with Gasteiger partial charge in [-0.05, 0) is 61.5 Å².